The van der Waals surface area contributed by atoms with E-state index in [2.05, 4.69) is 28.3 Å². The third kappa shape index (κ3) is 2.18. The van der Waals surface area contributed by atoms with Crippen LogP contribution >= 0.6 is 9.24 Å². The van der Waals surface area contributed by atoms with Gasteiger partial charge in [-0.2, -0.15) is 0 Å². The van der Waals surface area contributed by atoms with E-state index in [-0.39, 0.29) is 5.82 Å². The molecule has 0 spiro atoms. The number of allylic oxidation sites excluding steroid dienone is 2. The summed E-state index contributed by atoms with van der Waals surface area (Å²) in [7, 11) is 2.60. The van der Waals surface area contributed by atoms with Gasteiger partial charge in [-0.05, 0) is 66.9 Å². The Morgan fingerprint density at radius 3 is 2.76 bits per heavy atom. The van der Waals surface area contributed by atoms with E-state index in [1.165, 1.54) is 24.8 Å². The van der Waals surface area contributed by atoms with E-state index in [0.717, 1.165) is 17.1 Å². The van der Waals surface area contributed by atoms with Crippen molar-refractivity contribution in [2.75, 3.05) is 0 Å². The van der Waals surface area contributed by atoms with Crippen LogP contribution in [0.5, 0.6) is 0 Å². The zero-order chi connectivity index (χ0) is 12.0. The van der Waals surface area contributed by atoms with E-state index in [1.54, 1.807) is 17.7 Å². The van der Waals surface area contributed by atoms with E-state index in [9.17, 15) is 4.39 Å². The Balaban J connectivity index is 1.83. The van der Waals surface area contributed by atoms with Crippen LogP contribution in [0, 0.1) is 17.7 Å². The standard InChI is InChI=1S/C15H18FP/c1-9-2-10-4-12(5-11(10)3-9)13-6-14(16)8-15(17)7-13/h2,6-8,10-12H,3-5,17H2,1H3. The molecule has 17 heavy (non-hydrogen) atoms. The molecule has 0 bridgehead atoms. The van der Waals surface area contributed by atoms with Crippen molar-refractivity contribution in [3.63, 3.8) is 0 Å². The van der Waals surface area contributed by atoms with Gasteiger partial charge in [-0.3, -0.25) is 0 Å². The maximum absolute atomic E-state index is 13.4. The number of halogens is 1. The molecule has 4 unspecified atom stereocenters. The van der Waals surface area contributed by atoms with E-state index in [4.69, 9.17) is 0 Å². The fourth-order valence-corrected chi connectivity index (χ4v) is 3.94. The summed E-state index contributed by atoms with van der Waals surface area (Å²) >= 11 is 0. The molecule has 0 amide bonds. The minimum Gasteiger partial charge on any atom is -0.207 e. The highest BCUT2D eigenvalue weighted by Gasteiger charge is 2.36. The number of fused-ring (bicyclic) bond motifs is 1. The summed E-state index contributed by atoms with van der Waals surface area (Å²) in [5.41, 5.74) is 2.74. The Hall–Kier alpha value is -0.680. The van der Waals surface area contributed by atoms with Gasteiger partial charge in [0.2, 0.25) is 0 Å². The van der Waals surface area contributed by atoms with Gasteiger partial charge in [0, 0.05) is 0 Å². The summed E-state index contributed by atoms with van der Waals surface area (Å²) in [5, 5.41) is 0.962. The molecule has 1 aromatic rings. The molecule has 0 saturated heterocycles. The fourth-order valence-electron chi connectivity index (χ4n) is 3.59. The fraction of sp³-hybridized carbons (Fsp3) is 0.467. The van der Waals surface area contributed by atoms with E-state index < -0.39 is 0 Å². The maximum Gasteiger partial charge on any atom is 0.124 e. The topological polar surface area (TPSA) is 0 Å². The molecule has 0 heterocycles. The van der Waals surface area contributed by atoms with Crippen molar-refractivity contribution in [2.45, 2.75) is 32.1 Å². The second-order valence-electron chi connectivity index (χ2n) is 5.63. The molecule has 3 rings (SSSR count). The molecule has 1 saturated carbocycles. The first-order valence-corrected chi connectivity index (χ1v) is 6.93. The van der Waals surface area contributed by atoms with Crippen LogP contribution < -0.4 is 5.30 Å². The summed E-state index contributed by atoms with van der Waals surface area (Å²) in [6.45, 7) is 2.23. The van der Waals surface area contributed by atoms with E-state index in [0.29, 0.717) is 5.92 Å². The second kappa shape index (κ2) is 4.21. The highest BCUT2D eigenvalue weighted by Crippen LogP contribution is 2.49. The molecule has 0 radical (unpaired) electrons. The van der Waals surface area contributed by atoms with Gasteiger partial charge in [-0.1, -0.05) is 17.7 Å². The largest absolute Gasteiger partial charge is 0.207 e. The van der Waals surface area contributed by atoms with Gasteiger partial charge in [0.05, 0.1) is 0 Å². The maximum atomic E-state index is 13.4. The number of hydrogen-bond donors (Lipinski definition) is 0. The first kappa shape index (κ1) is 11.4. The van der Waals surface area contributed by atoms with Crippen molar-refractivity contribution < 1.29 is 4.39 Å². The predicted octanol–water partition coefficient (Wildman–Crippen LogP) is 3.79. The van der Waals surface area contributed by atoms with Crippen LogP contribution in [0.4, 0.5) is 4.39 Å². The van der Waals surface area contributed by atoms with Gasteiger partial charge in [-0.15, -0.1) is 9.24 Å². The molecule has 1 fully saturated rings. The third-order valence-electron chi connectivity index (χ3n) is 4.25. The average molecular weight is 248 g/mol. The lowest BCUT2D eigenvalue weighted by Gasteiger charge is -2.12. The van der Waals surface area contributed by atoms with Gasteiger partial charge < -0.3 is 0 Å². The number of rotatable bonds is 1. The van der Waals surface area contributed by atoms with E-state index >= 15 is 0 Å². The summed E-state index contributed by atoms with van der Waals surface area (Å²) in [6.07, 6.45) is 6.12. The summed E-state index contributed by atoms with van der Waals surface area (Å²) < 4.78 is 13.4. The van der Waals surface area contributed by atoms with Gasteiger partial charge >= 0.3 is 0 Å². The highest BCUT2D eigenvalue weighted by molar-refractivity contribution is 7.27. The quantitative estimate of drug-likeness (QED) is 0.524. The molecule has 4 atom stereocenters. The van der Waals surface area contributed by atoms with Crippen molar-refractivity contribution >= 4 is 14.5 Å². The Morgan fingerprint density at radius 1 is 1.24 bits per heavy atom. The molecule has 90 valence electrons. The zero-order valence-corrected chi connectivity index (χ0v) is 11.3. The van der Waals surface area contributed by atoms with Gasteiger partial charge in [-0.25, -0.2) is 4.39 Å². The van der Waals surface area contributed by atoms with Crippen molar-refractivity contribution in [1.29, 1.82) is 0 Å². The predicted molar refractivity (Wildman–Crippen MR) is 73.1 cm³/mol. The molecule has 0 N–H and O–H groups in total. The summed E-state index contributed by atoms with van der Waals surface area (Å²) in [4.78, 5) is 0. The lowest BCUT2D eigenvalue weighted by Crippen LogP contribution is -2.01. The van der Waals surface area contributed by atoms with Crippen molar-refractivity contribution in [2.24, 2.45) is 11.8 Å². The molecule has 2 heteroatoms. The van der Waals surface area contributed by atoms with Gasteiger partial charge in [0.25, 0.3) is 0 Å². The van der Waals surface area contributed by atoms with Crippen molar-refractivity contribution in [3.05, 3.63) is 41.2 Å². The molecule has 0 aromatic heterocycles. The summed E-state index contributed by atoms with van der Waals surface area (Å²) in [5.74, 6) is 2.02. The molecule has 2 aliphatic rings. The van der Waals surface area contributed by atoms with Crippen LogP contribution in [0.1, 0.15) is 37.7 Å². The smallest absolute Gasteiger partial charge is 0.124 e. The Morgan fingerprint density at radius 2 is 2.06 bits per heavy atom. The lowest BCUT2D eigenvalue weighted by atomic mass is 9.94. The van der Waals surface area contributed by atoms with Crippen LogP contribution in [0.15, 0.2) is 29.8 Å². The highest BCUT2D eigenvalue weighted by atomic mass is 31.0. The van der Waals surface area contributed by atoms with Crippen LogP contribution in [0.3, 0.4) is 0 Å². The van der Waals surface area contributed by atoms with Crippen molar-refractivity contribution in [3.8, 4) is 0 Å². The minimum absolute atomic E-state index is 0.101. The average Bonchev–Trinajstić information content (AvgIpc) is 2.72. The van der Waals surface area contributed by atoms with E-state index in [1.807, 2.05) is 0 Å². The van der Waals surface area contributed by atoms with Gasteiger partial charge in [0.15, 0.2) is 0 Å². The van der Waals surface area contributed by atoms with Crippen molar-refractivity contribution in [1.82, 2.24) is 0 Å². The molecule has 0 nitrogen and oxygen atoms in total. The Bertz CT molecular complexity index is 458. The number of benzene rings is 1. The van der Waals surface area contributed by atoms with Crippen LogP contribution in [-0.2, 0) is 0 Å². The molecular weight excluding hydrogens is 230 g/mol. The molecule has 1 aromatic carbocycles. The summed E-state index contributed by atoms with van der Waals surface area (Å²) in [6, 6.07) is 5.42. The monoisotopic (exact) mass is 248 g/mol. The third-order valence-corrected chi connectivity index (χ3v) is 4.58. The van der Waals surface area contributed by atoms with Gasteiger partial charge in [0.1, 0.15) is 5.82 Å². The molecular formula is C15H18FP. The SMILES string of the molecule is CC1=CC2CC(c3cc(F)cc(P)c3)CC2C1. The minimum atomic E-state index is -0.101. The van der Waals surface area contributed by atoms with Crippen LogP contribution in [0.2, 0.25) is 0 Å². The normalized spacial score (nSPS) is 31.5. The zero-order valence-electron chi connectivity index (χ0n) is 10.1. The first-order valence-electron chi connectivity index (χ1n) is 6.35. The number of hydrogen-bond acceptors (Lipinski definition) is 0. The molecule has 0 aliphatic heterocycles. The van der Waals surface area contributed by atoms with Crippen LogP contribution in [-0.4, -0.2) is 0 Å². The second-order valence-corrected chi connectivity index (χ2v) is 6.29. The lowest BCUT2D eigenvalue weighted by molar-refractivity contribution is 0.490. The Labute approximate surface area is 105 Å². The van der Waals surface area contributed by atoms with Crippen LogP contribution in [0.25, 0.3) is 0 Å². The Kier molecular flexibility index (Phi) is 2.83. The molecule has 2 aliphatic carbocycles. The first-order chi connectivity index (χ1) is 8.11.